The van der Waals surface area contributed by atoms with Crippen molar-refractivity contribution in [2.24, 2.45) is 5.92 Å². The molecule has 0 radical (unpaired) electrons. The van der Waals surface area contributed by atoms with Gasteiger partial charge in [0.1, 0.15) is 11.6 Å². The largest absolute Gasteiger partial charge is 0.469 e. The van der Waals surface area contributed by atoms with Crippen molar-refractivity contribution in [2.45, 2.75) is 32.2 Å². The molecule has 2 fully saturated rings. The molecule has 10 heteroatoms. The number of halogens is 2. The van der Waals surface area contributed by atoms with Gasteiger partial charge in [-0.05, 0) is 86.8 Å². The third kappa shape index (κ3) is 7.85. The fourth-order valence-corrected chi connectivity index (χ4v) is 5.82. The molecule has 2 aliphatic rings. The van der Waals surface area contributed by atoms with Gasteiger partial charge in [0.05, 0.1) is 19.0 Å². The molecule has 4 heterocycles. The van der Waals surface area contributed by atoms with E-state index in [1.54, 1.807) is 12.3 Å². The summed E-state index contributed by atoms with van der Waals surface area (Å²) >= 11 is 12.6. The normalized spacial score (nSPS) is 16.9. The topological polar surface area (TPSA) is 79.8 Å². The van der Waals surface area contributed by atoms with E-state index in [4.69, 9.17) is 37.7 Å². The maximum absolute atomic E-state index is 11.7. The molecule has 0 atom stereocenters. The SMILES string of the molecule is COC(=O)CC1CCN(Cc2cc(Oc3ccc(N4CCCNCC4)nc3)nc(-c3cc(Cl)cc(Cl)c3)c2)CC1. The molecule has 1 N–H and O–H groups in total. The van der Waals surface area contributed by atoms with E-state index < -0.39 is 0 Å². The molecule has 40 heavy (non-hydrogen) atoms. The lowest BCUT2D eigenvalue weighted by molar-refractivity contribution is -0.142. The zero-order chi connectivity index (χ0) is 27.9. The lowest BCUT2D eigenvalue weighted by atomic mass is 9.93. The molecule has 212 valence electrons. The molecule has 0 aliphatic carbocycles. The summed E-state index contributed by atoms with van der Waals surface area (Å²) in [4.78, 5) is 25.8. The van der Waals surface area contributed by atoms with Gasteiger partial charge in [-0.15, -0.1) is 0 Å². The molecule has 1 aromatic carbocycles. The van der Waals surface area contributed by atoms with Gasteiger partial charge >= 0.3 is 5.97 Å². The number of piperidine rings is 1. The molecule has 0 bridgehead atoms. The second-order valence-electron chi connectivity index (χ2n) is 10.4. The molecular weight excluding hydrogens is 549 g/mol. The zero-order valence-corrected chi connectivity index (χ0v) is 24.3. The molecule has 0 amide bonds. The molecule has 0 unspecified atom stereocenters. The van der Waals surface area contributed by atoms with Crippen molar-refractivity contribution in [3.63, 3.8) is 0 Å². The maximum atomic E-state index is 11.7. The number of carbonyl (C=O) groups excluding carboxylic acids is 1. The first-order valence-electron chi connectivity index (χ1n) is 13.8. The number of carbonyl (C=O) groups is 1. The minimum atomic E-state index is -0.134. The van der Waals surface area contributed by atoms with Crippen LogP contribution in [0.4, 0.5) is 5.82 Å². The number of nitrogens with one attached hydrogen (secondary N) is 1. The average Bonchev–Trinajstić information content (AvgIpc) is 3.24. The van der Waals surface area contributed by atoms with Crippen LogP contribution < -0.4 is 15.0 Å². The summed E-state index contributed by atoms with van der Waals surface area (Å²) in [5.41, 5.74) is 2.63. The zero-order valence-electron chi connectivity index (χ0n) is 22.7. The van der Waals surface area contributed by atoms with Crippen molar-refractivity contribution in [2.75, 3.05) is 51.3 Å². The van der Waals surface area contributed by atoms with E-state index in [1.807, 2.05) is 30.3 Å². The number of nitrogens with zero attached hydrogens (tertiary/aromatic N) is 4. The van der Waals surface area contributed by atoms with Gasteiger partial charge in [-0.2, -0.15) is 0 Å². The van der Waals surface area contributed by atoms with Gasteiger partial charge < -0.3 is 19.7 Å². The molecule has 2 saturated heterocycles. The number of pyridine rings is 2. The standard InChI is InChI=1S/C30H35Cl2N5O3/c1-39-30(38)15-21-5-10-36(11-6-21)20-22-13-27(23-16-24(31)18-25(32)17-23)35-29(14-22)40-26-3-4-28(34-19-26)37-9-2-7-33-8-12-37/h3-4,13-14,16-19,21,33H,2,5-12,15,20H2,1H3. The number of rotatable bonds is 8. The number of hydrogen-bond donors (Lipinski definition) is 1. The van der Waals surface area contributed by atoms with Crippen LogP contribution in [0.2, 0.25) is 10.0 Å². The summed E-state index contributed by atoms with van der Waals surface area (Å²) in [6.45, 7) is 6.47. The van der Waals surface area contributed by atoms with E-state index in [9.17, 15) is 4.79 Å². The highest BCUT2D eigenvalue weighted by atomic mass is 35.5. The van der Waals surface area contributed by atoms with Crippen LogP contribution in [0.1, 0.15) is 31.2 Å². The molecule has 8 nitrogen and oxygen atoms in total. The number of likely N-dealkylation sites (tertiary alicyclic amines) is 1. The van der Waals surface area contributed by atoms with Gasteiger partial charge in [-0.3, -0.25) is 9.69 Å². The van der Waals surface area contributed by atoms with E-state index in [1.165, 1.54) is 7.11 Å². The Kier molecular flexibility index (Phi) is 9.75. The predicted molar refractivity (Wildman–Crippen MR) is 158 cm³/mol. The highest BCUT2D eigenvalue weighted by molar-refractivity contribution is 6.35. The van der Waals surface area contributed by atoms with Gasteiger partial charge in [-0.25, -0.2) is 9.97 Å². The summed E-state index contributed by atoms with van der Waals surface area (Å²) in [6.07, 6.45) is 5.26. The first-order valence-corrected chi connectivity index (χ1v) is 14.6. The van der Waals surface area contributed by atoms with Crippen LogP contribution in [-0.4, -0.2) is 67.2 Å². The Labute approximate surface area is 245 Å². The van der Waals surface area contributed by atoms with E-state index in [-0.39, 0.29) is 5.97 Å². The summed E-state index contributed by atoms with van der Waals surface area (Å²) in [7, 11) is 1.45. The summed E-state index contributed by atoms with van der Waals surface area (Å²) in [5.74, 6) is 2.29. The van der Waals surface area contributed by atoms with E-state index >= 15 is 0 Å². The van der Waals surface area contributed by atoms with Crippen molar-refractivity contribution >= 4 is 35.0 Å². The van der Waals surface area contributed by atoms with Crippen LogP contribution >= 0.6 is 23.2 Å². The van der Waals surface area contributed by atoms with Crippen molar-refractivity contribution in [3.8, 4) is 22.9 Å². The van der Waals surface area contributed by atoms with Crippen LogP contribution in [0.25, 0.3) is 11.3 Å². The second kappa shape index (κ2) is 13.6. The molecule has 3 aromatic rings. The number of hydrogen-bond acceptors (Lipinski definition) is 8. The molecule has 2 aromatic heterocycles. The molecular formula is C30H35Cl2N5O3. The van der Waals surface area contributed by atoms with Crippen molar-refractivity contribution in [3.05, 3.63) is 64.3 Å². The minimum absolute atomic E-state index is 0.134. The molecule has 5 rings (SSSR count). The number of aromatic nitrogens is 2. The van der Waals surface area contributed by atoms with Gasteiger partial charge in [-0.1, -0.05) is 23.2 Å². The summed E-state index contributed by atoms with van der Waals surface area (Å²) < 4.78 is 11.1. The fourth-order valence-electron chi connectivity index (χ4n) is 5.29. The lowest BCUT2D eigenvalue weighted by Crippen LogP contribution is -2.34. The predicted octanol–water partition coefficient (Wildman–Crippen LogP) is 5.82. The number of anilines is 1. The van der Waals surface area contributed by atoms with E-state index in [0.717, 1.165) is 87.7 Å². The first-order chi connectivity index (χ1) is 19.4. The Morgan fingerprint density at radius 2 is 1.82 bits per heavy atom. The number of ether oxygens (including phenoxy) is 2. The number of esters is 1. The van der Waals surface area contributed by atoms with Gasteiger partial charge in [0.2, 0.25) is 5.88 Å². The Morgan fingerprint density at radius 1 is 1.02 bits per heavy atom. The van der Waals surface area contributed by atoms with E-state index in [0.29, 0.717) is 34.0 Å². The van der Waals surface area contributed by atoms with Crippen LogP contribution in [0.5, 0.6) is 11.6 Å². The fraction of sp³-hybridized carbons (Fsp3) is 0.433. The summed E-state index contributed by atoms with van der Waals surface area (Å²) in [6, 6.07) is 13.4. The van der Waals surface area contributed by atoms with Crippen LogP contribution in [0.3, 0.4) is 0 Å². The molecule has 2 aliphatic heterocycles. The Bertz CT molecular complexity index is 1270. The minimum Gasteiger partial charge on any atom is -0.469 e. The van der Waals surface area contributed by atoms with Crippen LogP contribution in [-0.2, 0) is 16.1 Å². The molecule has 0 spiro atoms. The Morgan fingerprint density at radius 3 is 2.55 bits per heavy atom. The van der Waals surface area contributed by atoms with E-state index in [2.05, 4.69) is 26.2 Å². The highest BCUT2D eigenvalue weighted by Crippen LogP contribution is 2.31. The average molecular weight is 585 g/mol. The first kappa shape index (κ1) is 28.6. The second-order valence-corrected chi connectivity index (χ2v) is 11.3. The smallest absolute Gasteiger partial charge is 0.305 e. The highest BCUT2D eigenvalue weighted by Gasteiger charge is 2.22. The summed E-state index contributed by atoms with van der Waals surface area (Å²) in [5, 5.41) is 4.52. The van der Waals surface area contributed by atoms with Crippen molar-refractivity contribution < 1.29 is 14.3 Å². The number of benzene rings is 1. The van der Waals surface area contributed by atoms with Crippen LogP contribution in [0.15, 0.2) is 48.7 Å². The third-order valence-electron chi connectivity index (χ3n) is 7.42. The van der Waals surface area contributed by atoms with Crippen molar-refractivity contribution in [1.82, 2.24) is 20.2 Å². The Hall–Kier alpha value is -2.91. The van der Waals surface area contributed by atoms with Gasteiger partial charge in [0.15, 0.2) is 0 Å². The van der Waals surface area contributed by atoms with Gasteiger partial charge in [0, 0.05) is 54.3 Å². The molecule has 0 saturated carbocycles. The van der Waals surface area contributed by atoms with Crippen LogP contribution in [0, 0.1) is 5.92 Å². The van der Waals surface area contributed by atoms with Gasteiger partial charge in [0.25, 0.3) is 0 Å². The lowest BCUT2D eigenvalue weighted by Gasteiger charge is -2.31. The third-order valence-corrected chi connectivity index (χ3v) is 7.86. The Balaban J connectivity index is 1.34. The maximum Gasteiger partial charge on any atom is 0.305 e. The quantitative estimate of drug-likeness (QED) is 0.332. The number of methoxy groups -OCH3 is 1. The van der Waals surface area contributed by atoms with Crippen molar-refractivity contribution in [1.29, 1.82) is 0 Å². The monoisotopic (exact) mass is 583 g/mol.